The number of phosphoric acid groups is 2. The maximum Gasteiger partial charge on any atom is 0.330 e. The van der Waals surface area contributed by atoms with Crippen molar-refractivity contribution in [2.75, 3.05) is 6.61 Å². The highest BCUT2D eigenvalue weighted by molar-refractivity contribution is 7.58. The fourth-order valence-electron chi connectivity index (χ4n) is 2.13. The predicted molar refractivity (Wildman–Crippen MR) is 71.5 cm³/mol. The van der Waals surface area contributed by atoms with Gasteiger partial charge in [-0.25, -0.2) is 4.79 Å². The van der Waals surface area contributed by atoms with Gasteiger partial charge in [-0.3, -0.25) is 23.2 Å². The third-order valence-electron chi connectivity index (χ3n) is 3.16. The van der Waals surface area contributed by atoms with Gasteiger partial charge in [-0.2, -0.15) is 0 Å². The Balaban J connectivity index is 1.98. The molecule has 1 aliphatic rings. The van der Waals surface area contributed by atoms with Crippen molar-refractivity contribution in [1.29, 1.82) is 0 Å². The van der Waals surface area contributed by atoms with Crippen molar-refractivity contribution in [3.05, 3.63) is 32.6 Å². The second-order valence-corrected chi connectivity index (χ2v) is 7.74. The first-order valence-corrected chi connectivity index (χ1v) is 9.55. The van der Waals surface area contributed by atoms with E-state index in [9.17, 15) is 33.4 Å². The summed E-state index contributed by atoms with van der Waals surface area (Å²) in [7, 11) is -11.1. The number of nitrogens with one attached hydrogen (secondary N) is 1. The highest BCUT2D eigenvalue weighted by Crippen LogP contribution is 2.50. The van der Waals surface area contributed by atoms with Gasteiger partial charge in [0.05, 0.1) is 20.5 Å². The molecular weight excluding hydrogens is 370 g/mol. The SMILES string of the molecule is Cc1cn([C@H]2CC[C@@H](COP(=O)([O-])OP(=O)([O-])[O-])O2)c(=O)[nH]c1=O. The first kappa shape index (κ1) is 19.2. The molecule has 0 aromatic carbocycles. The van der Waals surface area contributed by atoms with Crippen LogP contribution in [0.2, 0.25) is 0 Å². The third-order valence-corrected chi connectivity index (χ3v) is 5.23. The van der Waals surface area contributed by atoms with E-state index in [4.69, 9.17) is 4.74 Å². The molecule has 0 aliphatic carbocycles. The topological polar surface area (TPSA) is 186 Å². The molecule has 0 radical (unpaired) electrons. The Morgan fingerprint density at radius 2 is 2.00 bits per heavy atom. The molecule has 1 saturated heterocycles. The van der Waals surface area contributed by atoms with Crippen LogP contribution in [0.3, 0.4) is 0 Å². The average Bonchev–Trinajstić information content (AvgIpc) is 2.87. The van der Waals surface area contributed by atoms with E-state index in [2.05, 4.69) is 13.8 Å². The molecule has 12 nitrogen and oxygen atoms in total. The molecule has 1 aromatic heterocycles. The number of aromatic nitrogens is 2. The number of rotatable bonds is 6. The first-order valence-electron chi connectivity index (χ1n) is 6.63. The number of nitrogens with zero attached hydrogens (tertiary/aromatic N) is 1. The van der Waals surface area contributed by atoms with E-state index in [1.165, 1.54) is 13.1 Å². The van der Waals surface area contributed by atoms with Gasteiger partial charge in [-0.1, -0.05) is 0 Å². The molecule has 0 amide bonds. The Kier molecular flexibility index (Phi) is 5.63. The number of phosphoric ester groups is 1. The minimum Gasteiger partial charge on any atom is -0.790 e. The molecule has 136 valence electrons. The molecule has 1 unspecified atom stereocenters. The van der Waals surface area contributed by atoms with Crippen molar-refractivity contribution in [2.24, 2.45) is 0 Å². The van der Waals surface area contributed by atoms with E-state index < -0.39 is 45.8 Å². The lowest BCUT2D eigenvalue weighted by Crippen LogP contribution is -2.33. The van der Waals surface area contributed by atoms with Gasteiger partial charge < -0.3 is 28.5 Å². The van der Waals surface area contributed by atoms with Gasteiger partial charge in [-0.15, -0.1) is 0 Å². The quantitative estimate of drug-likeness (QED) is 0.531. The third kappa shape index (κ3) is 5.20. The zero-order valence-electron chi connectivity index (χ0n) is 12.3. The maximum atomic E-state index is 11.7. The molecule has 1 aliphatic heterocycles. The highest BCUT2D eigenvalue weighted by Gasteiger charge is 2.29. The fraction of sp³-hybridized carbons (Fsp3) is 0.600. The summed E-state index contributed by atoms with van der Waals surface area (Å²) in [5.41, 5.74) is -0.927. The van der Waals surface area contributed by atoms with E-state index >= 15 is 0 Å². The van der Waals surface area contributed by atoms with Crippen molar-refractivity contribution in [2.45, 2.75) is 32.1 Å². The van der Waals surface area contributed by atoms with Crippen LogP contribution < -0.4 is 25.9 Å². The van der Waals surface area contributed by atoms with Crippen LogP contribution in [0.15, 0.2) is 15.8 Å². The van der Waals surface area contributed by atoms with Crippen LogP contribution in [0, 0.1) is 6.92 Å². The number of aromatic amines is 1. The van der Waals surface area contributed by atoms with Crippen LogP contribution in [0.5, 0.6) is 0 Å². The lowest BCUT2D eigenvalue weighted by Gasteiger charge is -2.35. The molecule has 0 spiro atoms. The number of aryl methyl sites for hydroxylation is 1. The van der Waals surface area contributed by atoms with Crippen LogP contribution in [0.1, 0.15) is 24.6 Å². The highest BCUT2D eigenvalue weighted by atomic mass is 31.3. The molecule has 0 bridgehead atoms. The number of H-pyrrole nitrogens is 1. The number of hydrogen-bond donors (Lipinski definition) is 1. The molecule has 3 atom stereocenters. The van der Waals surface area contributed by atoms with Gasteiger partial charge in [0.15, 0.2) is 0 Å². The van der Waals surface area contributed by atoms with Crippen LogP contribution in [-0.4, -0.2) is 22.3 Å². The molecule has 0 saturated carbocycles. The molecule has 1 N–H and O–H groups in total. The molecule has 1 aromatic rings. The predicted octanol–water partition coefficient (Wildman–Crippen LogP) is -2.15. The van der Waals surface area contributed by atoms with Crippen LogP contribution in [-0.2, 0) is 22.7 Å². The average molecular weight is 383 g/mol. The number of ether oxygens (including phenoxy) is 1. The minimum atomic E-state index is -5.75. The van der Waals surface area contributed by atoms with Crippen LogP contribution in [0.4, 0.5) is 0 Å². The Morgan fingerprint density at radius 3 is 2.62 bits per heavy atom. The van der Waals surface area contributed by atoms with Crippen LogP contribution >= 0.6 is 15.6 Å². The summed E-state index contributed by atoms with van der Waals surface area (Å²) in [6.07, 6.45) is 0.394. The maximum absolute atomic E-state index is 11.7. The molecule has 2 rings (SSSR count). The molecule has 14 heteroatoms. The smallest absolute Gasteiger partial charge is 0.330 e. The summed E-state index contributed by atoms with van der Waals surface area (Å²) in [6.45, 7) is 0.911. The van der Waals surface area contributed by atoms with Crippen molar-refractivity contribution < 1.29 is 37.4 Å². The van der Waals surface area contributed by atoms with Crippen molar-refractivity contribution in [1.82, 2.24) is 9.55 Å². The van der Waals surface area contributed by atoms with E-state index in [0.717, 1.165) is 4.57 Å². The molecule has 1 fully saturated rings. The Hall–Kier alpha value is -1.10. The van der Waals surface area contributed by atoms with Gasteiger partial charge in [0.2, 0.25) is 0 Å². The Labute approximate surface area is 134 Å². The summed E-state index contributed by atoms with van der Waals surface area (Å²) in [5, 5.41) is 0. The minimum absolute atomic E-state index is 0.289. The normalized spacial score (nSPS) is 24.0. The van der Waals surface area contributed by atoms with E-state index in [1.54, 1.807) is 0 Å². The summed E-state index contributed by atoms with van der Waals surface area (Å²) in [5.74, 6) is 0. The van der Waals surface area contributed by atoms with Gasteiger partial charge in [0.25, 0.3) is 13.4 Å². The van der Waals surface area contributed by atoms with Crippen molar-refractivity contribution in [3.8, 4) is 0 Å². The second kappa shape index (κ2) is 7.03. The lowest BCUT2D eigenvalue weighted by molar-refractivity contribution is -0.339. The first-order chi connectivity index (χ1) is 11.0. The largest absolute Gasteiger partial charge is 0.790 e. The zero-order valence-corrected chi connectivity index (χ0v) is 14.1. The van der Waals surface area contributed by atoms with Crippen molar-refractivity contribution >= 4 is 15.6 Å². The summed E-state index contributed by atoms with van der Waals surface area (Å²) < 4.78 is 35.6. The monoisotopic (exact) mass is 383 g/mol. The van der Waals surface area contributed by atoms with E-state index in [0.29, 0.717) is 12.8 Å². The Bertz CT molecular complexity index is 811. The lowest BCUT2D eigenvalue weighted by atomic mass is 10.2. The van der Waals surface area contributed by atoms with Gasteiger partial charge in [0.1, 0.15) is 6.23 Å². The standard InChI is InChI=1S/C10H16N2O10P2/c1-6-4-12(10(14)11-9(6)13)8-3-2-7(21-8)5-20-24(18,19)22-23(15,16)17/h4,7-8H,2-3,5H2,1H3,(H,18,19)(H,11,13,14)(H2,15,16,17)/p-3/t7-,8+/m0/s1. The number of hydrogen-bond acceptors (Lipinski definition) is 10. The summed E-state index contributed by atoms with van der Waals surface area (Å²) >= 11 is 0. The van der Waals surface area contributed by atoms with Gasteiger partial charge in [0, 0.05) is 11.8 Å². The summed E-state index contributed by atoms with van der Waals surface area (Å²) in [6, 6.07) is 0. The van der Waals surface area contributed by atoms with Crippen molar-refractivity contribution in [3.63, 3.8) is 0 Å². The Morgan fingerprint density at radius 1 is 1.33 bits per heavy atom. The van der Waals surface area contributed by atoms with Gasteiger partial charge >= 0.3 is 5.69 Å². The van der Waals surface area contributed by atoms with Crippen LogP contribution in [0.25, 0.3) is 0 Å². The zero-order chi connectivity index (χ0) is 18.1. The molecule has 2 heterocycles. The fourth-order valence-corrected chi connectivity index (χ4v) is 3.65. The van der Waals surface area contributed by atoms with Gasteiger partial charge in [-0.05, 0) is 19.8 Å². The molecular formula is C10H13N2O10P2-3. The van der Waals surface area contributed by atoms with E-state index in [1.807, 2.05) is 0 Å². The molecule has 24 heavy (non-hydrogen) atoms. The van der Waals surface area contributed by atoms with E-state index in [-0.39, 0.29) is 5.56 Å². The summed E-state index contributed by atoms with van der Waals surface area (Å²) in [4.78, 5) is 56.9. The second-order valence-electron chi connectivity index (χ2n) is 5.04.